The topological polar surface area (TPSA) is 53.0 Å². The summed E-state index contributed by atoms with van der Waals surface area (Å²) in [5, 5.41) is 8.63. The van der Waals surface area contributed by atoms with Gasteiger partial charge in [0.25, 0.3) is 0 Å². The zero-order chi connectivity index (χ0) is 9.84. The maximum absolute atomic E-state index is 8.63. The third-order valence-electron chi connectivity index (χ3n) is 2.04. The predicted molar refractivity (Wildman–Crippen MR) is 54.5 cm³/mol. The number of nitrogen functional groups attached to an aromatic ring is 1. The first-order valence-corrected chi connectivity index (χ1v) is 4.19. The Morgan fingerprint density at radius 3 is 2.69 bits per heavy atom. The van der Waals surface area contributed by atoms with Crippen LogP contribution >= 0.6 is 0 Å². The monoisotopic (exact) mass is 175 g/mol. The van der Waals surface area contributed by atoms with Gasteiger partial charge in [-0.25, -0.2) is 0 Å². The van der Waals surface area contributed by atoms with E-state index in [0.717, 1.165) is 12.2 Å². The molecule has 68 valence electrons. The summed E-state index contributed by atoms with van der Waals surface area (Å²) < 4.78 is 0. The molecule has 0 fully saturated rings. The van der Waals surface area contributed by atoms with E-state index in [-0.39, 0.29) is 0 Å². The molecule has 1 aromatic carbocycles. The standard InChI is InChI=1S/C10H13N3/c1-3-13(2)10-5-4-8(7-11)6-9(10)12/h4-6H,3,12H2,1-2H3. The molecule has 0 spiro atoms. The Labute approximate surface area is 78.4 Å². The Morgan fingerprint density at radius 1 is 1.54 bits per heavy atom. The van der Waals surface area contributed by atoms with Gasteiger partial charge in [-0.05, 0) is 25.1 Å². The predicted octanol–water partition coefficient (Wildman–Crippen LogP) is 1.60. The van der Waals surface area contributed by atoms with Gasteiger partial charge in [0.15, 0.2) is 0 Å². The van der Waals surface area contributed by atoms with Crippen LogP contribution in [0.5, 0.6) is 0 Å². The lowest BCUT2D eigenvalue weighted by atomic mass is 10.2. The summed E-state index contributed by atoms with van der Waals surface area (Å²) in [6, 6.07) is 7.40. The summed E-state index contributed by atoms with van der Waals surface area (Å²) in [5.41, 5.74) is 8.01. The normalized spacial score (nSPS) is 9.31. The van der Waals surface area contributed by atoms with Crippen molar-refractivity contribution >= 4 is 11.4 Å². The molecule has 1 rings (SSSR count). The summed E-state index contributed by atoms with van der Waals surface area (Å²) in [6.07, 6.45) is 0. The SMILES string of the molecule is CCN(C)c1ccc(C#N)cc1N. The van der Waals surface area contributed by atoms with Gasteiger partial charge in [0.2, 0.25) is 0 Å². The second kappa shape index (κ2) is 3.81. The van der Waals surface area contributed by atoms with Gasteiger partial charge < -0.3 is 10.6 Å². The number of nitrogens with zero attached hydrogens (tertiary/aromatic N) is 2. The van der Waals surface area contributed by atoms with Crippen LogP contribution in [0.25, 0.3) is 0 Å². The number of anilines is 2. The highest BCUT2D eigenvalue weighted by Gasteiger charge is 2.03. The van der Waals surface area contributed by atoms with Crippen LogP contribution in [0.2, 0.25) is 0 Å². The number of hydrogen-bond donors (Lipinski definition) is 1. The molecule has 0 aromatic heterocycles. The van der Waals surface area contributed by atoms with Gasteiger partial charge in [0, 0.05) is 13.6 Å². The molecule has 0 unspecified atom stereocenters. The molecule has 0 bridgehead atoms. The van der Waals surface area contributed by atoms with Gasteiger partial charge >= 0.3 is 0 Å². The van der Waals surface area contributed by atoms with Crippen molar-refractivity contribution in [3.63, 3.8) is 0 Å². The van der Waals surface area contributed by atoms with Crippen molar-refractivity contribution in [3.05, 3.63) is 23.8 Å². The smallest absolute Gasteiger partial charge is 0.0992 e. The van der Waals surface area contributed by atoms with E-state index in [4.69, 9.17) is 11.0 Å². The fourth-order valence-electron chi connectivity index (χ4n) is 1.14. The van der Waals surface area contributed by atoms with Crippen molar-refractivity contribution in [2.45, 2.75) is 6.92 Å². The van der Waals surface area contributed by atoms with E-state index >= 15 is 0 Å². The fraction of sp³-hybridized carbons (Fsp3) is 0.300. The van der Waals surface area contributed by atoms with Gasteiger partial charge in [0.05, 0.1) is 23.0 Å². The molecule has 0 saturated carbocycles. The lowest BCUT2D eigenvalue weighted by Gasteiger charge is -2.18. The van der Waals surface area contributed by atoms with Crippen LogP contribution in [0.4, 0.5) is 11.4 Å². The van der Waals surface area contributed by atoms with Crippen molar-refractivity contribution in [2.24, 2.45) is 0 Å². The Morgan fingerprint density at radius 2 is 2.23 bits per heavy atom. The summed E-state index contributed by atoms with van der Waals surface area (Å²) in [4.78, 5) is 2.04. The van der Waals surface area contributed by atoms with Crippen LogP contribution in [-0.2, 0) is 0 Å². The number of hydrogen-bond acceptors (Lipinski definition) is 3. The molecule has 0 atom stereocenters. The van der Waals surface area contributed by atoms with E-state index in [9.17, 15) is 0 Å². The molecular weight excluding hydrogens is 162 g/mol. The number of benzene rings is 1. The number of nitrogens with two attached hydrogens (primary N) is 1. The molecule has 3 nitrogen and oxygen atoms in total. The average molecular weight is 175 g/mol. The van der Waals surface area contributed by atoms with Crippen molar-refractivity contribution in [3.8, 4) is 6.07 Å². The van der Waals surface area contributed by atoms with Crippen LogP contribution < -0.4 is 10.6 Å². The Kier molecular flexibility index (Phi) is 2.76. The minimum absolute atomic E-state index is 0.603. The molecule has 0 aliphatic rings. The molecule has 1 aromatic rings. The first-order valence-electron chi connectivity index (χ1n) is 4.19. The highest BCUT2D eigenvalue weighted by atomic mass is 15.1. The summed E-state index contributed by atoms with van der Waals surface area (Å²) in [7, 11) is 1.97. The van der Waals surface area contributed by atoms with Crippen LogP contribution in [-0.4, -0.2) is 13.6 Å². The van der Waals surface area contributed by atoms with Gasteiger partial charge in [0.1, 0.15) is 0 Å². The van der Waals surface area contributed by atoms with E-state index in [1.807, 2.05) is 18.0 Å². The summed E-state index contributed by atoms with van der Waals surface area (Å²) >= 11 is 0. The third-order valence-corrected chi connectivity index (χ3v) is 2.04. The second-order valence-electron chi connectivity index (χ2n) is 2.90. The van der Waals surface area contributed by atoms with Crippen molar-refractivity contribution in [1.82, 2.24) is 0 Å². The van der Waals surface area contributed by atoms with Gasteiger partial charge in [-0.2, -0.15) is 5.26 Å². The lowest BCUT2D eigenvalue weighted by Crippen LogP contribution is -2.17. The van der Waals surface area contributed by atoms with Crippen LogP contribution in [0.3, 0.4) is 0 Å². The van der Waals surface area contributed by atoms with E-state index in [0.29, 0.717) is 11.3 Å². The van der Waals surface area contributed by atoms with E-state index in [1.165, 1.54) is 0 Å². The van der Waals surface area contributed by atoms with Gasteiger partial charge in [-0.15, -0.1) is 0 Å². The fourth-order valence-corrected chi connectivity index (χ4v) is 1.14. The molecule has 13 heavy (non-hydrogen) atoms. The molecule has 0 amide bonds. The molecule has 0 radical (unpaired) electrons. The first kappa shape index (κ1) is 9.40. The van der Waals surface area contributed by atoms with Crippen LogP contribution in [0.1, 0.15) is 12.5 Å². The summed E-state index contributed by atoms with van der Waals surface area (Å²) in [6.45, 7) is 2.95. The number of rotatable bonds is 2. The van der Waals surface area contributed by atoms with E-state index in [1.54, 1.807) is 12.1 Å². The maximum Gasteiger partial charge on any atom is 0.0992 e. The largest absolute Gasteiger partial charge is 0.397 e. The Hall–Kier alpha value is -1.69. The van der Waals surface area contributed by atoms with E-state index < -0.39 is 0 Å². The van der Waals surface area contributed by atoms with Crippen molar-refractivity contribution in [1.29, 1.82) is 5.26 Å². The third kappa shape index (κ3) is 1.91. The van der Waals surface area contributed by atoms with Crippen LogP contribution in [0, 0.1) is 11.3 Å². The highest BCUT2D eigenvalue weighted by Crippen LogP contribution is 2.22. The molecule has 0 heterocycles. The zero-order valence-electron chi connectivity index (χ0n) is 7.91. The first-order chi connectivity index (χ1) is 6.19. The molecule has 0 aliphatic carbocycles. The quantitative estimate of drug-likeness (QED) is 0.694. The second-order valence-corrected chi connectivity index (χ2v) is 2.90. The molecule has 0 aliphatic heterocycles. The van der Waals surface area contributed by atoms with Crippen molar-refractivity contribution < 1.29 is 0 Å². The van der Waals surface area contributed by atoms with Gasteiger partial charge in [-0.3, -0.25) is 0 Å². The lowest BCUT2D eigenvalue weighted by molar-refractivity contribution is 0.970. The maximum atomic E-state index is 8.63. The molecule has 0 saturated heterocycles. The van der Waals surface area contributed by atoms with Gasteiger partial charge in [-0.1, -0.05) is 0 Å². The molecule has 3 heteroatoms. The highest BCUT2D eigenvalue weighted by molar-refractivity contribution is 5.69. The average Bonchev–Trinajstić information content (AvgIpc) is 2.16. The Balaban J connectivity index is 3.07. The minimum Gasteiger partial charge on any atom is -0.397 e. The number of nitriles is 1. The summed E-state index contributed by atoms with van der Waals surface area (Å²) in [5.74, 6) is 0. The molecular formula is C10H13N3. The minimum atomic E-state index is 0.603. The Bertz CT molecular complexity index is 339. The zero-order valence-corrected chi connectivity index (χ0v) is 7.91. The van der Waals surface area contributed by atoms with E-state index in [2.05, 4.69) is 13.0 Å². The van der Waals surface area contributed by atoms with Crippen LogP contribution in [0.15, 0.2) is 18.2 Å². The van der Waals surface area contributed by atoms with Crippen molar-refractivity contribution in [2.75, 3.05) is 24.2 Å². The molecule has 2 N–H and O–H groups in total.